The number of nitrogens with two attached hydrogens (primary N) is 1. The van der Waals surface area contributed by atoms with Gasteiger partial charge in [0.1, 0.15) is 0 Å². The van der Waals surface area contributed by atoms with Crippen molar-refractivity contribution in [1.82, 2.24) is 5.32 Å². The van der Waals surface area contributed by atoms with E-state index in [1.165, 1.54) is 32.1 Å². The average molecular weight is 232 g/mol. The van der Waals surface area contributed by atoms with Crippen LogP contribution in [-0.4, -0.2) is 41.3 Å². The molecule has 1 aliphatic rings. The number of nitrogens with one attached hydrogen (secondary N) is 1. The summed E-state index contributed by atoms with van der Waals surface area (Å²) in [6.07, 6.45) is 6.61. The second-order valence-corrected chi connectivity index (χ2v) is 3.91. The first-order valence-electron chi connectivity index (χ1n) is 5.32. The molecule has 6 heteroatoms. The maximum Gasteiger partial charge on any atom is 0.414 e. The van der Waals surface area contributed by atoms with Crippen LogP contribution in [0.2, 0.25) is 0 Å². The number of hydrogen-bond acceptors (Lipinski definition) is 4. The Bertz CT molecular complexity index is 219. The van der Waals surface area contributed by atoms with Crippen LogP contribution in [0.4, 0.5) is 0 Å². The third kappa shape index (κ3) is 5.09. The van der Waals surface area contributed by atoms with E-state index in [1.54, 1.807) is 0 Å². The number of carboxylic acids is 2. The Kier molecular flexibility index (Phi) is 6.67. The van der Waals surface area contributed by atoms with Crippen molar-refractivity contribution in [1.29, 1.82) is 0 Å². The summed E-state index contributed by atoms with van der Waals surface area (Å²) < 4.78 is 0. The quantitative estimate of drug-likeness (QED) is 0.499. The van der Waals surface area contributed by atoms with Crippen molar-refractivity contribution in [3.63, 3.8) is 0 Å². The highest BCUT2D eigenvalue weighted by atomic mass is 16.4. The summed E-state index contributed by atoms with van der Waals surface area (Å²) in [5.74, 6) is -3.65. The average Bonchev–Trinajstić information content (AvgIpc) is 2.30. The van der Waals surface area contributed by atoms with Gasteiger partial charge in [-0.3, -0.25) is 0 Å². The lowest BCUT2D eigenvalue weighted by Gasteiger charge is -2.35. The number of carboxylic acid groups (broad SMARTS) is 2. The smallest absolute Gasteiger partial charge is 0.414 e. The molecule has 0 aromatic carbocycles. The van der Waals surface area contributed by atoms with Gasteiger partial charge >= 0.3 is 11.9 Å². The van der Waals surface area contributed by atoms with Gasteiger partial charge in [-0.05, 0) is 19.9 Å². The summed E-state index contributed by atoms with van der Waals surface area (Å²) in [5.41, 5.74) is 5.98. The molecule has 0 bridgehead atoms. The summed E-state index contributed by atoms with van der Waals surface area (Å²) in [4.78, 5) is 18.2. The maximum atomic E-state index is 9.10. The Morgan fingerprint density at radius 2 is 1.62 bits per heavy atom. The molecule has 1 aliphatic carbocycles. The van der Waals surface area contributed by atoms with E-state index in [0.717, 1.165) is 6.54 Å². The summed E-state index contributed by atoms with van der Waals surface area (Å²) in [5, 5.41) is 18.1. The van der Waals surface area contributed by atoms with Crippen LogP contribution in [0, 0.1) is 0 Å². The first-order chi connectivity index (χ1) is 7.47. The Labute approximate surface area is 94.8 Å². The summed E-state index contributed by atoms with van der Waals surface area (Å²) >= 11 is 0. The van der Waals surface area contributed by atoms with Gasteiger partial charge in [-0.25, -0.2) is 9.59 Å². The predicted molar refractivity (Wildman–Crippen MR) is 59.2 cm³/mol. The SMILES string of the molecule is CNC1(CN)CCCCC1.O=C(O)C(=O)O. The molecule has 6 nitrogen and oxygen atoms in total. The molecule has 0 radical (unpaired) electrons. The van der Waals surface area contributed by atoms with Crippen LogP contribution in [0.1, 0.15) is 32.1 Å². The summed E-state index contributed by atoms with van der Waals surface area (Å²) in [7, 11) is 2.03. The fraction of sp³-hybridized carbons (Fsp3) is 0.800. The lowest BCUT2D eigenvalue weighted by molar-refractivity contribution is -0.159. The number of likely N-dealkylation sites (N-methyl/N-ethyl adjacent to an activating group) is 1. The van der Waals surface area contributed by atoms with Gasteiger partial charge in [-0.15, -0.1) is 0 Å². The highest BCUT2D eigenvalue weighted by Crippen LogP contribution is 2.26. The Morgan fingerprint density at radius 1 is 1.19 bits per heavy atom. The van der Waals surface area contributed by atoms with E-state index in [9.17, 15) is 0 Å². The zero-order chi connectivity index (χ0) is 12.6. The largest absolute Gasteiger partial charge is 0.473 e. The second-order valence-electron chi connectivity index (χ2n) is 3.91. The highest BCUT2D eigenvalue weighted by molar-refractivity contribution is 6.27. The summed E-state index contributed by atoms with van der Waals surface area (Å²) in [6, 6.07) is 0. The molecule has 1 fully saturated rings. The van der Waals surface area contributed by atoms with E-state index < -0.39 is 11.9 Å². The molecule has 0 amide bonds. The van der Waals surface area contributed by atoms with Crippen LogP contribution < -0.4 is 11.1 Å². The van der Waals surface area contributed by atoms with Gasteiger partial charge in [-0.2, -0.15) is 0 Å². The van der Waals surface area contributed by atoms with Crippen LogP contribution in [0.25, 0.3) is 0 Å². The molecular weight excluding hydrogens is 212 g/mol. The van der Waals surface area contributed by atoms with Crippen molar-refractivity contribution < 1.29 is 19.8 Å². The molecule has 0 aromatic rings. The molecule has 16 heavy (non-hydrogen) atoms. The van der Waals surface area contributed by atoms with E-state index in [0.29, 0.717) is 0 Å². The summed E-state index contributed by atoms with van der Waals surface area (Å²) in [6.45, 7) is 0.795. The van der Waals surface area contributed by atoms with Crippen molar-refractivity contribution in [2.24, 2.45) is 5.73 Å². The van der Waals surface area contributed by atoms with Gasteiger partial charge in [0.15, 0.2) is 0 Å². The van der Waals surface area contributed by atoms with Crippen LogP contribution in [-0.2, 0) is 9.59 Å². The van der Waals surface area contributed by atoms with Crippen molar-refractivity contribution in [3.05, 3.63) is 0 Å². The van der Waals surface area contributed by atoms with Crippen LogP contribution in [0.15, 0.2) is 0 Å². The zero-order valence-electron chi connectivity index (χ0n) is 9.53. The molecule has 0 aromatic heterocycles. The fourth-order valence-corrected chi connectivity index (χ4v) is 1.78. The molecular formula is C10H20N2O4. The van der Waals surface area contributed by atoms with Gasteiger partial charge in [0.2, 0.25) is 0 Å². The van der Waals surface area contributed by atoms with Crippen LogP contribution in [0.5, 0.6) is 0 Å². The molecule has 1 rings (SSSR count). The number of hydrogen-bond donors (Lipinski definition) is 4. The van der Waals surface area contributed by atoms with E-state index in [4.69, 9.17) is 25.5 Å². The van der Waals surface area contributed by atoms with Gasteiger partial charge in [0, 0.05) is 12.1 Å². The van der Waals surface area contributed by atoms with Crippen LogP contribution in [0.3, 0.4) is 0 Å². The van der Waals surface area contributed by atoms with Gasteiger partial charge in [0.05, 0.1) is 0 Å². The first kappa shape index (κ1) is 14.9. The van der Waals surface area contributed by atoms with Crippen molar-refractivity contribution in [3.8, 4) is 0 Å². The van der Waals surface area contributed by atoms with Crippen LogP contribution >= 0.6 is 0 Å². The second kappa shape index (κ2) is 7.19. The molecule has 0 unspecified atom stereocenters. The van der Waals surface area contributed by atoms with Gasteiger partial charge < -0.3 is 21.3 Å². The fourth-order valence-electron chi connectivity index (χ4n) is 1.78. The molecule has 0 spiro atoms. The van der Waals surface area contributed by atoms with E-state index >= 15 is 0 Å². The van der Waals surface area contributed by atoms with E-state index in [-0.39, 0.29) is 5.54 Å². The van der Waals surface area contributed by atoms with Crippen molar-refractivity contribution in [2.75, 3.05) is 13.6 Å². The van der Waals surface area contributed by atoms with E-state index in [2.05, 4.69) is 5.32 Å². The number of rotatable bonds is 2. The molecule has 5 N–H and O–H groups in total. The molecule has 0 saturated heterocycles. The molecule has 0 aliphatic heterocycles. The van der Waals surface area contributed by atoms with E-state index in [1.807, 2.05) is 7.05 Å². The standard InChI is InChI=1S/C8H18N2.C2H2O4/c1-10-8(7-9)5-3-2-4-6-8;3-1(4)2(5)6/h10H,2-7,9H2,1H3;(H,3,4)(H,5,6). The number of carbonyl (C=O) groups is 2. The maximum absolute atomic E-state index is 9.10. The molecule has 0 atom stereocenters. The Balaban J connectivity index is 0.000000325. The Morgan fingerprint density at radius 3 is 1.81 bits per heavy atom. The van der Waals surface area contributed by atoms with Crippen molar-refractivity contribution in [2.45, 2.75) is 37.6 Å². The molecule has 0 heterocycles. The minimum Gasteiger partial charge on any atom is -0.473 e. The molecule has 94 valence electrons. The van der Waals surface area contributed by atoms with Crippen molar-refractivity contribution >= 4 is 11.9 Å². The third-order valence-electron chi connectivity index (χ3n) is 2.91. The minimum atomic E-state index is -1.82. The van der Waals surface area contributed by atoms with Gasteiger partial charge in [0.25, 0.3) is 0 Å². The normalized spacial score (nSPS) is 18.1. The number of aliphatic carboxylic acids is 2. The zero-order valence-corrected chi connectivity index (χ0v) is 9.53. The predicted octanol–water partition coefficient (Wildman–Crippen LogP) is 0.0230. The lowest BCUT2D eigenvalue weighted by Crippen LogP contribution is -2.50. The Hall–Kier alpha value is -1.14. The minimum absolute atomic E-state index is 0.290. The topological polar surface area (TPSA) is 113 Å². The third-order valence-corrected chi connectivity index (χ3v) is 2.91. The highest BCUT2D eigenvalue weighted by Gasteiger charge is 2.27. The monoisotopic (exact) mass is 232 g/mol. The lowest BCUT2D eigenvalue weighted by atomic mass is 9.82. The first-order valence-corrected chi connectivity index (χ1v) is 5.32. The molecule has 1 saturated carbocycles. The van der Waals surface area contributed by atoms with Gasteiger partial charge in [-0.1, -0.05) is 19.3 Å².